The van der Waals surface area contributed by atoms with Crippen molar-refractivity contribution in [2.75, 3.05) is 11.9 Å². The number of hydrogen-bond donors (Lipinski definition) is 2. The number of rotatable bonds is 4. The Labute approximate surface area is 124 Å². The number of carboxylic acids is 1. The normalized spacial score (nSPS) is 10.9. The number of amides is 1. The summed E-state index contributed by atoms with van der Waals surface area (Å²) < 4.78 is 10.4. The molecule has 116 valence electrons. The van der Waals surface area contributed by atoms with Crippen LogP contribution in [0, 0.1) is 13.8 Å². The summed E-state index contributed by atoms with van der Waals surface area (Å²) in [5.41, 5.74) is 1.48. The molecule has 0 aliphatic heterocycles. The van der Waals surface area contributed by atoms with Crippen LogP contribution in [0.4, 0.5) is 10.5 Å². The van der Waals surface area contributed by atoms with E-state index in [2.05, 4.69) is 5.32 Å². The maximum absolute atomic E-state index is 11.7. The molecule has 6 nitrogen and oxygen atoms in total. The van der Waals surface area contributed by atoms with Crippen LogP contribution in [0.5, 0.6) is 5.75 Å². The van der Waals surface area contributed by atoms with Crippen molar-refractivity contribution in [1.82, 2.24) is 0 Å². The van der Waals surface area contributed by atoms with Gasteiger partial charge in [0.1, 0.15) is 11.4 Å². The van der Waals surface area contributed by atoms with Gasteiger partial charge in [0, 0.05) is 5.69 Å². The molecule has 1 amide bonds. The highest BCUT2D eigenvalue weighted by Crippen LogP contribution is 2.27. The molecule has 0 spiro atoms. The summed E-state index contributed by atoms with van der Waals surface area (Å²) in [5, 5.41) is 11.3. The molecule has 0 bridgehead atoms. The minimum Gasteiger partial charge on any atom is -0.481 e. The SMILES string of the molecule is Cc1cc(NC(=O)OC(C)(C)C)cc(C)c1OCC(=O)O. The molecule has 0 atom stereocenters. The maximum atomic E-state index is 11.7. The molecule has 1 aromatic carbocycles. The lowest BCUT2D eigenvalue weighted by atomic mass is 10.1. The largest absolute Gasteiger partial charge is 0.481 e. The van der Waals surface area contributed by atoms with Crippen LogP contribution in [0.1, 0.15) is 31.9 Å². The first kappa shape index (κ1) is 16.8. The van der Waals surface area contributed by atoms with Gasteiger partial charge in [-0.1, -0.05) is 0 Å². The van der Waals surface area contributed by atoms with Crippen molar-refractivity contribution in [3.05, 3.63) is 23.3 Å². The Morgan fingerprint density at radius 3 is 2.14 bits per heavy atom. The van der Waals surface area contributed by atoms with E-state index in [1.165, 1.54) is 0 Å². The Balaban J connectivity index is 2.83. The third-order valence-corrected chi connectivity index (χ3v) is 2.45. The Morgan fingerprint density at radius 2 is 1.71 bits per heavy atom. The number of carboxylic acid groups (broad SMARTS) is 1. The van der Waals surface area contributed by atoms with Crippen LogP contribution in [0.25, 0.3) is 0 Å². The molecule has 0 aliphatic carbocycles. The average Bonchev–Trinajstić information content (AvgIpc) is 2.24. The number of ether oxygens (including phenoxy) is 2. The van der Waals surface area contributed by atoms with E-state index in [-0.39, 0.29) is 0 Å². The predicted octanol–water partition coefficient (Wildman–Crippen LogP) is 3.11. The molecule has 0 radical (unpaired) electrons. The highest BCUT2D eigenvalue weighted by atomic mass is 16.6. The smallest absolute Gasteiger partial charge is 0.412 e. The predicted molar refractivity (Wildman–Crippen MR) is 78.9 cm³/mol. The summed E-state index contributed by atoms with van der Waals surface area (Å²) in [6, 6.07) is 3.40. The van der Waals surface area contributed by atoms with Gasteiger partial charge in [0.2, 0.25) is 0 Å². The van der Waals surface area contributed by atoms with E-state index < -0.39 is 24.3 Å². The van der Waals surface area contributed by atoms with Crippen LogP contribution in [0.15, 0.2) is 12.1 Å². The van der Waals surface area contributed by atoms with E-state index in [1.807, 2.05) is 0 Å². The zero-order chi connectivity index (χ0) is 16.2. The third kappa shape index (κ3) is 5.72. The average molecular weight is 295 g/mol. The van der Waals surface area contributed by atoms with Crippen LogP contribution in [0.3, 0.4) is 0 Å². The van der Waals surface area contributed by atoms with E-state index in [0.717, 1.165) is 11.1 Å². The number of aryl methyl sites for hydroxylation is 2. The monoisotopic (exact) mass is 295 g/mol. The first-order valence-corrected chi connectivity index (χ1v) is 6.54. The lowest BCUT2D eigenvalue weighted by Gasteiger charge is -2.20. The molecule has 21 heavy (non-hydrogen) atoms. The lowest BCUT2D eigenvalue weighted by Crippen LogP contribution is -2.27. The molecule has 6 heteroatoms. The number of nitrogens with one attached hydrogen (secondary N) is 1. The summed E-state index contributed by atoms with van der Waals surface area (Å²) in [4.78, 5) is 22.3. The van der Waals surface area contributed by atoms with E-state index in [1.54, 1.807) is 46.8 Å². The fourth-order valence-electron chi connectivity index (χ4n) is 1.81. The first-order valence-electron chi connectivity index (χ1n) is 6.54. The second-order valence-electron chi connectivity index (χ2n) is 5.75. The molecular weight excluding hydrogens is 274 g/mol. The highest BCUT2D eigenvalue weighted by molar-refractivity contribution is 5.85. The Kier molecular flexibility index (Phi) is 5.18. The Morgan fingerprint density at radius 1 is 1.19 bits per heavy atom. The van der Waals surface area contributed by atoms with Crippen molar-refractivity contribution in [1.29, 1.82) is 0 Å². The quantitative estimate of drug-likeness (QED) is 0.891. The maximum Gasteiger partial charge on any atom is 0.412 e. The molecule has 2 N–H and O–H groups in total. The van der Waals surface area contributed by atoms with Crippen LogP contribution in [-0.4, -0.2) is 29.4 Å². The summed E-state index contributed by atoms with van der Waals surface area (Å²) in [6.07, 6.45) is -0.541. The summed E-state index contributed by atoms with van der Waals surface area (Å²) in [5.74, 6) is -0.531. The topological polar surface area (TPSA) is 84.9 Å². The summed E-state index contributed by atoms with van der Waals surface area (Å²) >= 11 is 0. The fourth-order valence-corrected chi connectivity index (χ4v) is 1.81. The van der Waals surface area contributed by atoms with Gasteiger partial charge in [0.15, 0.2) is 6.61 Å². The molecule has 0 heterocycles. The van der Waals surface area contributed by atoms with Crippen LogP contribution in [-0.2, 0) is 9.53 Å². The number of benzene rings is 1. The first-order chi connectivity index (χ1) is 9.58. The summed E-state index contributed by atoms with van der Waals surface area (Å²) in [6.45, 7) is 8.51. The van der Waals surface area contributed by atoms with Crippen LogP contribution in [0.2, 0.25) is 0 Å². The van der Waals surface area contributed by atoms with Gasteiger partial charge in [-0.15, -0.1) is 0 Å². The highest BCUT2D eigenvalue weighted by Gasteiger charge is 2.17. The molecule has 0 saturated heterocycles. The van der Waals surface area contributed by atoms with Crippen molar-refractivity contribution in [2.45, 2.75) is 40.2 Å². The van der Waals surface area contributed by atoms with Gasteiger partial charge in [0.25, 0.3) is 0 Å². The molecule has 0 aromatic heterocycles. The van der Waals surface area contributed by atoms with Gasteiger partial charge < -0.3 is 14.6 Å². The Bertz CT molecular complexity index is 522. The van der Waals surface area contributed by atoms with E-state index in [0.29, 0.717) is 11.4 Å². The second-order valence-corrected chi connectivity index (χ2v) is 5.75. The van der Waals surface area contributed by atoms with Crippen LogP contribution >= 0.6 is 0 Å². The van der Waals surface area contributed by atoms with Crippen molar-refractivity contribution in [3.8, 4) is 5.75 Å². The standard InChI is InChI=1S/C15H21NO5/c1-9-6-11(16-14(19)21-15(3,4)5)7-10(2)13(9)20-8-12(17)18/h6-7H,8H2,1-5H3,(H,16,19)(H,17,18). The molecule has 0 fully saturated rings. The Hall–Kier alpha value is -2.24. The van der Waals surface area contributed by atoms with Gasteiger partial charge in [-0.05, 0) is 57.9 Å². The van der Waals surface area contributed by atoms with Crippen molar-refractivity contribution in [2.24, 2.45) is 0 Å². The zero-order valence-corrected chi connectivity index (χ0v) is 12.9. The van der Waals surface area contributed by atoms with Crippen molar-refractivity contribution in [3.63, 3.8) is 0 Å². The van der Waals surface area contributed by atoms with E-state index in [9.17, 15) is 9.59 Å². The second kappa shape index (κ2) is 6.47. The molecule has 1 rings (SSSR count). The van der Waals surface area contributed by atoms with Gasteiger partial charge in [-0.2, -0.15) is 0 Å². The molecule has 0 aliphatic rings. The summed E-state index contributed by atoms with van der Waals surface area (Å²) in [7, 11) is 0. The molecule has 0 unspecified atom stereocenters. The number of carbonyl (C=O) groups excluding carboxylic acids is 1. The molecular formula is C15H21NO5. The van der Waals surface area contributed by atoms with Gasteiger partial charge in [0.05, 0.1) is 0 Å². The number of aliphatic carboxylic acids is 1. The lowest BCUT2D eigenvalue weighted by molar-refractivity contribution is -0.139. The van der Waals surface area contributed by atoms with E-state index in [4.69, 9.17) is 14.6 Å². The van der Waals surface area contributed by atoms with Gasteiger partial charge in [-0.25, -0.2) is 9.59 Å². The van der Waals surface area contributed by atoms with Gasteiger partial charge >= 0.3 is 12.1 Å². The van der Waals surface area contributed by atoms with Gasteiger partial charge in [-0.3, -0.25) is 5.32 Å². The third-order valence-electron chi connectivity index (χ3n) is 2.45. The molecule has 1 aromatic rings. The molecule has 0 saturated carbocycles. The van der Waals surface area contributed by atoms with E-state index >= 15 is 0 Å². The van der Waals surface area contributed by atoms with Crippen molar-refractivity contribution >= 4 is 17.7 Å². The van der Waals surface area contributed by atoms with Crippen LogP contribution < -0.4 is 10.1 Å². The van der Waals surface area contributed by atoms with Crippen molar-refractivity contribution < 1.29 is 24.2 Å². The number of hydrogen-bond acceptors (Lipinski definition) is 4. The minimum atomic E-state index is -1.04. The number of carbonyl (C=O) groups is 2. The zero-order valence-electron chi connectivity index (χ0n) is 12.9. The minimum absolute atomic E-state index is 0.402. The number of anilines is 1. The fraction of sp³-hybridized carbons (Fsp3) is 0.467.